The molecule has 0 saturated carbocycles. The van der Waals surface area contributed by atoms with Gasteiger partial charge in [-0.3, -0.25) is 0 Å². The van der Waals surface area contributed by atoms with Crippen LogP contribution in [0, 0.1) is 6.92 Å². The topological polar surface area (TPSA) is 61.3 Å². The van der Waals surface area contributed by atoms with Crippen molar-refractivity contribution in [2.24, 2.45) is 0 Å². The number of benzene rings is 1. The highest BCUT2D eigenvalue weighted by molar-refractivity contribution is 7.08. The summed E-state index contributed by atoms with van der Waals surface area (Å²) in [6.45, 7) is 4.66. The van der Waals surface area contributed by atoms with Crippen LogP contribution in [0.25, 0.3) is 22.5 Å². The number of thiophene rings is 1. The third-order valence-electron chi connectivity index (χ3n) is 3.27. The summed E-state index contributed by atoms with van der Waals surface area (Å²) in [5, 5.41) is 8.05. The summed E-state index contributed by atoms with van der Waals surface area (Å²) in [7, 11) is 0. The summed E-state index contributed by atoms with van der Waals surface area (Å²) >= 11 is 1.63. The number of nitrogens with two attached hydrogens (primary N) is 1. The average Bonchev–Trinajstić information content (AvgIpc) is 3.06. The summed E-state index contributed by atoms with van der Waals surface area (Å²) < 4.78 is 10.9. The van der Waals surface area contributed by atoms with Crippen LogP contribution in [-0.4, -0.2) is 11.8 Å². The Bertz CT molecular complexity index is 744. The molecular weight excluding hydrogens is 284 g/mol. The van der Waals surface area contributed by atoms with Crippen LogP contribution in [0.2, 0.25) is 0 Å². The van der Waals surface area contributed by atoms with Crippen molar-refractivity contribution in [3.05, 3.63) is 40.6 Å². The molecule has 1 aromatic carbocycles. The van der Waals surface area contributed by atoms with Crippen molar-refractivity contribution in [2.45, 2.75) is 13.8 Å². The van der Waals surface area contributed by atoms with E-state index in [0.717, 1.165) is 33.8 Å². The molecule has 108 valence electrons. The minimum atomic E-state index is 0.403. The smallest absolute Gasteiger partial charge is 0.178 e. The predicted octanol–water partition coefficient (Wildman–Crippen LogP) is 4.36. The molecule has 2 heterocycles. The van der Waals surface area contributed by atoms with Gasteiger partial charge in [-0.1, -0.05) is 17.3 Å². The molecule has 0 unspecified atom stereocenters. The van der Waals surface area contributed by atoms with Crippen LogP contribution in [0.3, 0.4) is 0 Å². The number of aromatic nitrogens is 1. The molecule has 0 aliphatic heterocycles. The van der Waals surface area contributed by atoms with Gasteiger partial charge in [-0.05, 0) is 42.5 Å². The van der Waals surface area contributed by atoms with Crippen molar-refractivity contribution in [1.82, 2.24) is 5.16 Å². The predicted molar refractivity (Wildman–Crippen MR) is 85.6 cm³/mol. The largest absolute Gasteiger partial charge is 0.494 e. The van der Waals surface area contributed by atoms with Gasteiger partial charge in [0.1, 0.15) is 5.75 Å². The number of rotatable bonds is 4. The van der Waals surface area contributed by atoms with Crippen LogP contribution in [-0.2, 0) is 0 Å². The van der Waals surface area contributed by atoms with Crippen LogP contribution in [0.5, 0.6) is 5.75 Å². The zero-order valence-corrected chi connectivity index (χ0v) is 12.7. The van der Waals surface area contributed by atoms with Gasteiger partial charge in [0.2, 0.25) is 0 Å². The monoisotopic (exact) mass is 300 g/mol. The van der Waals surface area contributed by atoms with E-state index < -0.39 is 0 Å². The molecule has 3 aromatic rings. The molecule has 0 spiro atoms. The van der Waals surface area contributed by atoms with E-state index in [2.05, 4.69) is 10.5 Å². The van der Waals surface area contributed by atoms with Gasteiger partial charge in [0.25, 0.3) is 0 Å². The molecular formula is C16H16N2O2S. The first kappa shape index (κ1) is 13.7. The summed E-state index contributed by atoms with van der Waals surface area (Å²) in [6.07, 6.45) is 0. The molecule has 0 aliphatic carbocycles. The van der Waals surface area contributed by atoms with Crippen molar-refractivity contribution in [3.63, 3.8) is 0 Å². The molecule has 5 heteroatoms. The van der Waals surface area contributed by atoms with Gasteiger partial charge in [0.05, 0.1) is 12.2 Å². The standard InChI is InChI=1S/C16H16N2O2S/c1-3-19-12-6-4-11(5-7-12)14-15(20-18-16(14)17)13-9-21-8-10(13)2/h4-9H,3H2,1-2H3,(H2,17,18). The highest BCUT2D eigenvalue weighted by atomic mass is 32.1. The van der Waals surface area contributed by atoms with Crippen molar-refractivity contribution < 1.29 is 9.26 Å². The second-order valence-electron chi connectivity index (χ2n) is 4.70. The maximum absolute atomic E-state index is 5.99. The Morgan fingerprint density at radius 2 is 2.00 bits per heavy atom. The van der Waals surface area contributed by atoms with Crippen molar-refractivity contribution >= 4 is 17.2 Å². The third-order valence-corrected chi connectivity index (χ3v) is 4.13. The number of nitrogen functional groups attached to an aromatic ring is 1. The van der Waals surface area contributed by atoms with Crippen LogP contribution >= 0.6 is 11.3 Å². The Labute approximate surface area is 127 Å². The number of anilines is 1. The van der Waals surface area contributed by atoms with Crippen molar-refractivity contribution in [3.8, 4) is 28.2 Å². The SMILES string of the molecule is CCOc1ccc(-c2c(N)noc2-c2cscc2C)cc1. The molecule has 0 radical (unpaired) electrons. The average molecular weight is 300 g/mol. The molecule has 4 nitrogen and oxygen atoms in total. The lowest BCUT2D eigenvalue weighted by Gasteiger charge is -2.05. The Morgan fingerprint density at radius 1 is 1.24 bits per heavy atom. The van der Waals surface area contributed by atoms with Gasteiger partial charge in [-0.2, -0.15) is 11.3 Å². The second kappa shape index (κ2) is 5.61. The van der Waals surface area contributed by atoms with Crippen LogP contribution < -0.4 is 10.5 Å². The van der Waals surface area contributed by atoms with Crippen molar-refractivity contribution in [2.75, 3.05) is 12.3 Å². The first-order chi connectivity index (χ1) is 10.2. The molecule has 0 amide bonds. The van der Waals surface area contributed by atoms with Gasteiger partial charge >= 0.3 is 0 Å². The molecule has 21 heavy (non-hydrogen) atoms. The summed E-state index contributed by atoms with van der Waals surface area (Å²) in [4.78, 5) is 0. The van der Waals surface area contributed by atoms with E-state index in [9.17, 15) is 0 Å². The maximum atomic E-state index is 5.99. The number of hydrogen-bond acceptors (Lipinski definition) is 5. The van der Waals surface area contributed by atoms with Crippen LogP contribution in [0.1, 0.15) is 12.5 Å². The molecule has 0 fully saturated rings. The van der Waals surface area contributed by atoms with E-state index in [0.29, 0.717) is 12.4 Å². The Hall–Kier alpha value is -2.27. The Balaban J connectivity index is 2.06. The Kier molecular flexibility index (Phi) is 3.66. The molecule has 0 bridgehead atoms. The zero-order chi connectivity index (χ0) is 14.8. The lowest BCUT2D eigenvalue weighted by Crippen LogP contribution is -1.92. The van der Waals surface area contributed by atoms with E-state index in [1.165, 1.54) is 0 Å². The van der Waals surface area contributed by atoms with E-state index in [-0.39, 0.29) is 0 Å². The van der Waals surface area contributed by atoms with E-state index in [1.807, 2.05) is 43.5 Å². The molecule has 0 atom stereocenters. The highest BCUT2D eigenvalue weighted by Gasteiger charge is 2.19. The fourth-order valence-electron chi connectivity index (χ4n) is 2.24. The van der Waals surface area contributed by atoms with Gasteiger partial charge < -0.3 is 15.0 Å². The highest BCUT2D eigenvalue weighted by Crippen LogP contribution is 2.39. The molecule has 3 rings (SSSR count). The zero-order valence-electron chi connectivity index (χ0n) is 11.9. The van der Waals surface area contributed by atoms with Gasteiger partial charge in [-0.25, -0.2) is 0 Å². The number of nitrogens with zero attached hydrogens (tertiary/aromatic N) is 1. The van der Waals surface area contributed by atoms with Gasteiger partial charge in [0.15, 0.2) is 11.6 Å². The van der Waals surface area contributed by atoms with Crippen molar-refractivity contribution in [1.29, 1.82) is 0 Å². The summed E-state index contributed by atoms with van der Waals surface area (Å²) in [5.41, 5.74) is 9.99. The first-order valence-corrected chi connectivity index (χ1v) is 7.66. The van der Waals surface area contributed by atoms with Gasteiger partial charge in [-0.15, -0.1) is 0 Å². The number of aryl methyl sites for hydroxylation is 1. The molecule has 0 aliphatic rings. The minimum Gasteiger partial charge on any atom is -0.494 e. The fraction of sp³-hybridized carbons (Fsp3) is 0.188. The van der Waals surface area contributed by atoms with E-state index in [4.69, 9.17) is 15.0 Å². The molecule has 2 aromatic heterocycles. The van der Waals surface area contributed by atoms with E-state index >= 15 is 0 Å². The third kappa shape index (κ3) is 2.52. The maximum Gasteiger partial charge on any atom is 0.178 e. The summed E-state index contributed by atoms with van der Waals surface area (Å²) in [5.74, 6) is 1.96. The van der Waals surface area contributed by atoms with Crippen LogP contribution in [0.15, 0.2) is 39.5 Å². The lowest BCUT2D eigenvalue weighted by atomic mass is 10.0. The normalized spacial score (nSPS) is 10.8. The first-order valence-electron chi connectivity index (χ1n) is 6.72. The number of ether oxygens (including phenoxy) is 1. The van der Waals surface area contributed by atoms with Gasteiger partial charge in [0, 0.05) is 10.9 Å². The quantitative estimate of drug-likeness (QED) is 0.777. The minimum absolute atomic E-state index is 0.403. The lowest BCUT2D eigenvalue weighted by molar-refractivity contribution is 0.340. The van der Waals surface area contributed by atoms with Crippen LogP contribution in [0.4, 0.5) is 5.82 Å². The fourth-order valence-corrected chi connectivity index (χ4v) is 3.07. The molecule has 0 saturated heterocycles. The Morgan fingerprint density at radius 3 is 2.62 bits per heavy atom. The molecule has 2 N–H and O–H groups in total. The van der Waals surface area contributed by atoms with E-state index in [1.54, 1.807) is 11.3 Å². The number of hydrogen-bond donors (Lipinski definition) is 1. The summed E-state index contributed by atoms with van der Waals surface area (Å²) in [6, 6.07) is 7.79. The second-order valence-corrected chi connectivity index (χ2v) is 5.44.